The average Bonchev–Trinajstić information content (AvgIpc) is 2.19. The topological polar surface area (TPSA) is 0 Å². The van der Waals surface area contributed by atoms with E-state index in [1.807, 2.05) is 19.9 Å². The summed E-state index contributed by atoms with van der Waals surface area (Å²) in [6.07, 6.45) is 11.1. The minimum Gasteiger partial charge on any atom is -0.176 e. The molecule has 0 saturated heterocycles. The second-order valence-electron chi connectivity index (χ2n) is 2.50. The fraction of sp³-hybridized carbons (Fsp3) is 0.500. The van der Waals surface area contributed by atoms with E-state index in [1.165, 1.54) is 4.91 Å². The summed E-state index contributed by atoms with van der Waals surface area (Å²) < 4.78 is 0. The molecule has 0 bridgehead atoms. The Morgan fingerprint density at radius 1 is 1.50 bits per heavy atom. The molecule has 0 nitrogen and oxygen atoms in total. The molecule has 0 aromatic rings. The molecule has 0 rings (SSSR count). The van der Waals surface area contributed by atoms with Crippen molar-refractivity contribution in [1.29, 1.82) is 0 Å². The van der Waals surface area contributed by atoms with Gasteiger partial charge in [-0.15, -0.1) is 11.8 Å². The first-order valence-corrected chi connectivity index (χ1v) is 6.66. The molecule has 1 unspecified atom stereocenters. The van der Waals surface area contributed by atoms with Crippen LogP contribution >= 0.6 is 24.4 Å². The fourth-order valence-corrected chi connectivity index (χ4v) is 1.28. The number of hydrogen-bond acceptors (Lipinski definition) is 2. The minimum absolute atomic E-state index is 0.438. The Labute approximate surface area is 99.0 Å². The first-order valence-electron chi connectivity index (χ1n) is 4.92. The summed E-state index contributed by atoms with van der Waals surface area (Å²) >= 11 is 6.01. The van der Waals surface area contributed by atoms with E-state index in [1.54, 1.807) is 17.8 Å². The first-order chi connectivity index (χ1) is 6.70. The van der Waals surface area contributed by atoms with Crippen LogP contribution in [0.1, 0.15) is 27.2 Å². The third kappa shape index (κ3) is 11.9. The smallest absolute Gasteiger partial charge is 0.00657 e. The molecule has 0 radical (unpaired) electrons. The van der Waals surface area contributed by atoms with Crippen molar-refractivity contribution < 1.29 is 0 Å². The lowest BCUT2D eigenvalue weighted by atomic mass is 10.3. The number of allylic oxidation sites excluding steroid dienone is 4. The van der Waals surface area contributed by atoms with E-state index >= 15 is 0 Å². The van der Waals surface area contributed by atoms with Crippen LogP contribution in [0.4, 0.5) is 0 Å². The zero-order valence-corrected chi connectivity index (χ0v) is 11.4. The number of thioether (sulfide) groups is 1. The van der Waals surface area contributed by atoms with Crippen LogP contribution < -0.4 is 0 Å². The highest BCUT2D eigenvalue weighted by Crippen LogP contribution is 2.13. The molecule has 0 aliphatic carbocycles. The van der Waals surface area contributed by atoms with Gasteiger partial charge in [-0.05, 0) is 18.8 Å². The van der Waals surface area contributed by atoms with Gasteiger partial charge < -0.3 is 0 Å². The Morgan fingerprint density at radius 3 is 2.43 bits per heavy atom. The molecule has 0 fully saturated rings. The molecule has 0 aromatic heterocycles. The number of thiol groups is 1. The van der Waals surface area contributed by atoms with Crippen LogP contribution in [0.3, 0.4) is 0 Å². The number of hydrogen-bond donors (Lipinski definition) is 1. The van der Waals surface area contributed by atoms with Crippen LogP contribution in [0.25, 0.3) is 0 Å². The van der Waals surface area contributed by atoms with Gasteiger partial charge in [-0.1, -0.05) is 45.6 Å². The van der Waals surface area contributed by atoms with E-state index in [0.29, 0.717) is 5.25 Å². The average molecular weight is 230 g/mol. The summed E-state index contributed by atoms with van der Waals surface area (Å²) in [6.45, 7) is 9.74. The highest BCUT2D eigenvalue weighted by atomic mass is 32.2. The fourth-order valence-electron chi connectivity index (χ4n) is 0.689. The molecule has 0 spiro atoms. The highest BCUT2D eigenvalue weighted by Gasteiger charge is 1.89. The van der Waals surface area contributed by atoms with Crippen molar-refractivity contribution in [3.63, 3.8) is 0 Å². The monoisotopic (exact) mass is 230 g/mol. The third-order valence-corrected chi connectivity index (χ3v) is 2.23. The summed E-state index contributed by atoms with van der Waals surface area (Å²) in [5.74, 6) is 0. The molecule has 0 heterocycles. The Kier molecular flexibility index (Phi) is 15.1. The molecule has 0 amide bonds. The lowest BCUT2D eigenvalue weighted by molar-refractivity contribution is 0.990. The highest BCUT2D eigenvalue weighted by molar-refractivity contribution is 8.02. The van der Waals surface area contributed by atoms with Gasteiger partial charge in [-0.25, -0.2) is 0 Å². The Morgan fingerprint density at radius 2 is 2.07 bits per heavy atom. The van der Waals surface area contributed by atoms with Gasteiger partial charge in [0, 0.05) is 10.2 Å². The van der Waals surface area contributed by atoms with Gasteiger partial charge in [0.25, 0.3) is 0 Å². The van der Waals surface area contributed by atoms with Gasteiger partial charge in [0.1, 0.15) is 0 Å². The Bertz CT molecular complexity index is 179. The summed E-state index contributed by atoms with van der Waals surface area (Å²) in [7, 11) is 0. The van der Waals surface area contributed by atoms with Crippen molar-refractivity contribution in [2.24, 2.45) is 0 Å². The number of rotatable bonds is 5. The summed E-state index contributed by atoms with van der Waals surface area (Å²) in [4.78, 5) is 1.24. The van der Waals surface area contributed by atoms with Gasteiger partial charge in [-0.2, -0.15) is 12.6 Å². The van der Waals surface area contributed by atoms with Gasteiger partial charge in [-0.3, -0.25) is 0 Å². The van der Waals surface area contributed by atoms with Crippen molar-refractivity contribution in [3.8, 4) is 0 Å². The normalized spacial score (nSPS) is 13.4. The van der Waals surface area contributed by atoms with Crippen LogP contribution in [0.15, 0.2) is 35.8 Å². The predicted molar refractivity (Wildman–Crippen MR) is 75.3 cm³/mol. The van der Waals surface area contributed by atoms with Crippen LogP contribution in [-0.4, -0.2) is 11.5 Å². The molecule has 1 atom stereocenters. The molecule has 0 aliphatic heterocycles. The van der Waals surface area contributed by atoms with Crippen LogP contribution in [0.2, 0.25) is 0 Å². The summed E-state index contributed by atoms with van der Waals surface area (Å²) in [6, 6.07) is 0. The van der Waals surface area contributed by atoms with Crippen molar-refractivity contribution in [2.45, 2.75) is 32.4 Å². The van der Waals surface area contributed by atoms with E-state index in [4.69, 9.17) is 0 Å². The molecule has 0 aromatic carbocycles. The van der Waals surface area contributed by atoms with Crippen molar-refractivity contribution in [2.75, 3.05) is 6.26 Å². The second-order valence-corrected chi connectivity index (χ2v) is 4.26. The maximum Gasteiger partial charge on any atom is 0.00657 e. The van der Waals surface area contributed by atoms with E-state index in [0.717, 1.165) is 6.42 Å². The van der Waals surface area contributed by atoms with Crippen molar-refractivity contribution >= 4 is 24.4 Å². The second kappa shape index (κ2) is 12.9. The van der Waals surface area contributed by atoms with E-state index in [9.17, 15) is 0 Å². The predicted octanol–water partition coefficient (Wildman–Crippen LogP) is 4.71. The molecule has 82 valence electrons. The molecule has 0 aliphatic rings. The Balaban J connectivity index is 0. The SMILES string of the molecule is C=C/C=C(\C=C/CC(C)S)SC.CC. The van der Waals surface area contributed by atoms with Gasteiger partial charge >= 0.3 is 0 Å². The van der Waals surface area contributed by atoms with Crippen molar-refractivity contribution in [1.82, 2.24) is 0 Å². The van der Waals surface area contributed by atoms with E-state index in [-0.39, 0.29) is 0 Å². The summed E-state index contributed by atoms with van der Waals surface area (Å²) in [5, 5.41) is 0.438. The lowest BCUT2D eigenvalue weighted by Gasteiger charge is -1.97. The maximum absolute atomic E-state index is 4.28. The maximum atomic E-state index is 4.28. The van der Waals surface area contributed by atoms with Gasteiger partial charge in [0.2, 0.25) is 0 Å². The molecular weight excluding hydrogens is 208 g/mol. The molecule has 2 heteroatoms. The molecular formula is C12H22S2. The van der Waals surface area contributed by atoms with Crippen LogP contribution in [0, 0.1) is 0 Å². The van der Waals surface area contributed by atoms with Gasteiger partial charge in [0.05, 0.1) is 0 Å². The Hall–Kier alpha value is -0.0800. The first kappa shape index (κ1) is 16.4. The standard InChI is InChI=1S/C10H16S2.C2H6/c1-4-6-10(12-3)8-5-7-9(2)11;1-2/h4-6,8-9,11H,1,7H2,2-3H3;1-2H3/b8-5-,10-6+;. The largest absolute Gasteiger partial charge is 0.176 e. The summed E-state index contributed by atoms with van der Waals surface area (Å²) in [5.41, 5.74) is 0. The van der Waals surface area contributed by atoms with E-state index < -0.39 is 0 Å². The van der Waals surface area contributed by atoms with Crippen molar-refractivity contribution in [3.05, 3.63) is 35.8 Å². The van der Waals surface area contributed by atoms with Gasteiger partial charge in [0.15, 0.2) is 0 Å². The lowest BCUT2D eigenvalue weighted by Crippen LogP contribution is -1.85. The van der Waals surface area contributed by atoms with E-state index in [2.05, 4.69) is 44.5 Å². The third-order valence-electron chi connectivity index (χ3n) is 1.28. The van der Waals surface area contributed by atoms with Crippen LogP contribution in [0.5, 0.6) is 0 Å². The zero-order valence-electron chi connectivity index (χ0n) is 9.66. The molecule has 14 heavy (non-hydrogen) atoms. The molecule has 0 N–H and O–H groups in total. The van der Waals surface area contributed by atoms with Crippen LogP contribution in [-0.2, 0) is 0 Å². The molecule has 0 saturated carbocycles. The minimum atomic E-state index is 0.438. The quantitative estimate of drug-likeness (QED) is 0.527. The zero-order chi connectivity index (χ0) is 11.4.